The maximum atomic E-state index is 11.9. The number of hydrogen-bond acceptors (Lipinski definition) is 19. The SMILES string of the molecule is CC(=O)C(C)(C)CCC(c1ccccc1Cl)N1CCc2sccc2C1.CC(=O)C(C)(C)CCC(c1ccccc1Cl)N1CCc2sccc2C1.CC(=O)C(C)(C)CCCC(c1ccccc1Cl)N1CCc2sccc2C1.CC(=O)C(C)(C)CCCC(c1ccccc1Cl)N1CCc2sccc2C1.CCOC(=O)CCC(c1ccccc1Cl)N1CCc2sccc2C1.OCCCC(c1ccccc1Cl)N1CCc2sccc2C1. The molecule has 6 atom stereocenters. The number of aliphatic hydroxyl groups is 1. The predicted molar refractivity (Wildman–Crippen MR) is 622 cm³/mol. The fourth-order valence-electron chi connectivity index (χ4n) is 20.8. The molecular weight excluding hydrogens is 2070 g/mol. The second-order valence-corrected chi connectivity index (χ2v) is 51.0. The number of esters is 1. The zero-order chi connectivity index (χ0) is 105. The number of hydrogen-bond donors (Lipinski definition) is 1. The number of rotatable bonds is 37. The van der Waals surface area contributed by atoms with Crippen molar-refractivity contribution in [2.75, 3.05) is 52.5 Å². The third kappa shape index (κ3) is 32.6. The van der Waals surface area contributed by atoms with Crippen LogP contribution in [0, 0.1) is 21.7 Å². The summed E-state index contributed by atoms with van der Waals surface area (Å²) in [4.78, 5) is 83.6. The van der Waals surface area contributed by atoms with E-state index in [0.29, 0.717) is 31.2 Å². The van der Waals surface area contributed by atoms with Crippen LogP contribution in [0.3, 0.4) is 0 Å². The molecule has 6 unspecified atom stereocenters. The van der Waals surface area contributed by atoms with Gasteiger partial charge in [0.2, 0.25) is 0 Å². The summed E-state index contributed by atoms with van der Waals surface area (Å²) in [7, 11) is 0. The highest BCUT2D eigenvalue weighted by molar-refractivity contribution is 7.11. The first-order valence-corrected chi connectivity index (χ1v) is 60.1. The van der Waals surface area contributed by atoms with E-state index in [4.69, 9.17) is 74.3 Å². The molecule has 1 N–H and O–H groups in total. The minimum absolute atomic E-state index is 0.135. The molecular formula is C122H150Cl6N6O7S6. The monoisotopic (exact) mass is 2210 g/mol. The summed E-state index contributed by atoms with van der Waals surface area (Å²) in [6, 6.07) is 63.8. The van der Waals surface area contributed by atoms with E-state index < -0.39 is 0 Å². The van der Waals surface area contributed by atoms with Crippen LogP contribution >= 0.6 is 138 Å². The summed E-state index contributed by atoms with van der Waals surface area (Å²) in [5.41, 5.74) is 14.7. The first kappa shape index (κ1) is 117. The summed E-state index contributed by atoms with van der Waals surface area (Å²) in [6.45, 7) is 37.8. The molecule has 12 heterocycles. The zero-order valence-electron chi connectivity index (χ0n) is 88.1. The first-order chi connectivity index (χ1) is 70.5. The van der Waals surface area contributed by atoms with Crippen molar-refractivity contribution in [1.29, 1.82) is 0 Å². The number of aliphatic hydroxyl groups excluding tert-OH is 1. The van der Waals surface area contributed by atoms with Crippen LogP contribution in [-0.2, 0) is 107 Å². The van der Waals surface area contributed by atoms with Crippen molar-refractivity contribution in [2.45, 2.75) is 294 Å². The number of benzene rings is 6. The van der Waals surface area contributed by atoms with Crippen molar-refractivity contribution in [3.63, 3.8) is 0 Å². The Morgan fingerprint density at radius 3 is 0.694 bits per heavy atom. The summed E-state index contributed by atoms with van der Waals surface area (Å²) >= 11 is 50.2. The van der Waals surface area contributed by atoms with Crippen LogP contribution in [0.2, 0.25) is 30.1 Å². The largest absolute Gasteiger partial charge is 0.466 e. The highest BCUT2D eigenvalue weighted by Gasteiger charge is 2.38. The Bertz CT molecular complexity index is 5990. The Morgan fingerprint density at radius 2 is 0.490 bits per heavy atom. The second kappa shape index (κ2) is 56.3. The van der Waals surface area contributed by atoms with Gasteiger partial charge in [0.25, 0.3) is 0 Å². The number of thiophene rings is 6. The Hall–Kier alpha value is -6.87. The number of ketones is 4. The molecule has 0 saturated carbocycles. The highest BCUT2D eigenvalue weighted by atomic mass is 35.5. The number of fused-ring (bicyclic) bond motifs is 6. The fraction of sp³-hybridized carbons (Fsp3) is 0.467. The molecule has 13 nitrogen and oxygen atoms in total. The van der Waals surface area contributed by atoms with E-state index in [1.165, 1.54) is 90.5 Å². The number of ether oxygens (including phenoxy) is 1. The molecule has 0 spiro atoms. The molecule has 0 radical (unpaired) electrons. The fourth-order valence-corrected chi connectivity index (χ4v) is 27.8. The molecule has 0 saturated heterocycles. The lowest BCUT2D eigenvalue weighted by atomic mass is 9.81. The zero-order valence-corrected chi connectivity index (χ0v) is 97.5. The molecule has 6 aliphatic heterocycles. The average molecular weight is 2220 g/mol. The van der Waals surface area contributed by atoms with Gasteiger partial charge >= 0.3 is 5.97 Å². The van der Waals surface area contributed by atoms with E-state index >= 15 is 0 Å². The van der Waals surface area contributed by atoms with Gasteiger partial charge in [-0.3, -0.25) is 53.4 Å². The topological polar surface area (TPSA) is 134 Å². The van der Waals surface area contributed by atoms with Crippen LogP contribution in [0.5, 0.6) is 0 Å². The van der Waals surface area contributed by atoms with Crippen molar-refractivity contribution in [2.24, 2.45) is 21.7 Å². The molecule has 18 rings (SSSR count). The lowest BCUT2D eigenvalue weighted by Gasteiger charge is -2.37. The van der Waals surface area contributed by atoms with E-state index in [2.05, 4.69) is 186 Å². The smallest absolute Gasteiger partial charge is 0.305 e. The Balaban J connectivity index is 0.000000148. The quantitative estimate of drug-likeness (QED) is 0.0371. The summed E-state index contributed by atoms with van der Waals surface area (Å²) < 4.78 is 5.10. The van der Waals surface area contributed by atoms with Gasteiger partial charge in [0.1, 0.15) is 23.1 Å². The second-order valence-electron chi connectivity index (χ2n) is 42.6. The van der Waals surface area contributed by atoms with E-state index in [-0.39, 0.29) is 75.5 Å². The van der Waals surface area contributed by atoms with Gasteiger partial charge in [0.05, 0.1) is 6.61 Å². The third-order valence-corrected chi connectivity index (χ3v) is 39.5. The van der Waals surface area contributed by atoms with Crippen LogP contribution in [0.4, 0.5) is 0 Å². The van der Waals surface area contributed by atoms with Gasteiger partial charge < -0.3 is 9.84 Å². The standard InChI is InChI=1S/2C22H28ClNOS.2C21H26ClNOS.C19H22ClNO2S.C17H20ClNOS/c2*1-16(25)22(2,3)12-6-9-20(18-7-4-5-8-19(18)23)24-13-10-21-17(15-24)11-14-26-21;2*1-15(24)21(2,3)11-8-19(17-6-4-5-7-18(17)22)23-12-9-20-16(14-23)10-13-25-20;1-2-23-19(22)8-7-17(15-5-3-4-6-16(15)20)21-11-9-18-14(13-21)10-12-24-18;18-15-5-2-1-4-14(15)16(6-3-10-20)19-9-7-17-13(12-19)8-11-21-17/h2*4-5,7-8,11,14,20H,6,9-10,12-13,15H2,1-3H3;2*4-7,10,13,19H,8-9,11-12,14H2,1-3H3;3-6,10,12,17H,2,7-9,11,13H2,1H3;1-2,4-5,8,11,16,20H,3,6-7,9-10,12H2. The van der Waals surface area contributed by atoms with E-state index in [1.807, 2.05) is 188 Å². The van der Waals surface area contributed by atoms with Gasteiger partial charge in [0.15, 0.2) is 0 Å². The Kier molecular flexibility index (Phi) is 44.9. The number of carbonyl (C=O) groups excluding carboxylic acids is 5. The first-order valence-electron chi connectivity index (χ1n) is 52.5. The molecule has 25 heteroatoms. The van der Waals surface area contributed by atoms with Crippen molar-refractivity contribution in [3.8, 4) is 0 Å². The van der Waals surface area contributed by atoms with Gasteiger partial charge in [-0.15, -0.1) is 68.0 Å². The molecule has 788 valence electrons. The van der Waals surface area contributed by atoms with Crippen molar-refractivity contribution < 1.29 is 33.8 Å². The Morgan fingerprint density at radius 1 is 0.293 bits per heavy atom. The Labute approximate surface area is 930 Å². The van der Waals surface area contributed by atoms with Gasteiger partial charge in [-0.2, -0.15) is 0 Å². The van der Waals surface area contributed by atoms with E-state index in [0.717, 1.165) is 236 Å². The van der Waals surface area contributed by atoms with Gasteiger partial charge in [-0.1, -0.05) is 247 Å². The van der Waals surface area contributed by atoms with Gasteiger partial charge in [0, 0.05) is 209 Å². The van der Waals surface area contributed by atoms with Crippen LogP contribution < -0.4 is 0 Å². The van der Waals surface area contributed by atoms with Crippen molar-refractivity contribution in [3.05, 3.63) is 340 Å². The minimum atomic E-state index is -0.289. The van der Waals surface area contributed by atoms with Crippen molar-refractivity contribution in [1.82, 2.24) is 29.4 Å². The van der Waals surface area contributed by atoms with Gasteiger partial charge in [-0.05, 0) is 316 Å². The molecule has 0 fully saturated rings. The lowest BCUT2D eigenvalue weighted by molar-refractivity contribution is -0.143. The maximum Gasteiger partial charge on any atom is 0.305 e. The summed E-state index contributed by atoms with van der Waals surface area (Å²) in [6.07, 6.45) is 19.1. The normalized spacial score (nSPS) is 16.3. The molecule has 0 aliphatic carbocycles. The maximum absolute atomic E-state index is 11.9. The van der Waals surface area contributed by atoms with Crippen LogP contribution in [0.25, 0.3) is 0 Å². The van der Waals surface area contributed by atoms with Gasteiger partial charge in [-0.25, -0.2) is 0 Å². The predicted octanol–water partition coefficient (Wildman–Crippen LogP) is 33.5. The highest BCUT2D eigenvalue weighted by Crippen LogP contribution is 2.47. The lowest BCUT2D eigenvalue weighted by Crippen LogP contribution is -2.35. The summed E-state index contributed by atoms with van der Waals surface area (Å²) in [5.74, 6) is 0.913. The molecule has 12 aromatic rings. The van der Waals surface area contributed by atoms with E-state index in [1.54, 1.807) is 27.7 Å². The number of nitrogens with zero attached hydrogens (tertiary/aromatic N) is 6. The molecule has 0 bridgehead atoms. The van der Waals surface area contributed by atoms with E-state index in [9.17, 15) is 29.1 Å². The molecule has 6 aromatic carbocycles. The molecule has 0 amide bonds. The average Bonchev–Trinajstić information content (AvgIpc) is 1.79. The number of halogens is 6. The van der Waals surface area contributed by atoms with Crippen LogP contribution in [-0.4, -0.2) is 116 Å². The van der Waals surface area contributed by atoms with Crippen molar-refractivity contribution >= 4 is 167 Å². The van der Waals surface area contributed by atoms with Crippen LogP contribution in [0.15, 0.2) is 214 Å². The molecule has 147 heavy (non-hydrogen) atoms. The number of Topliss-reactive ketones (excluding diaryl/α,β-unsaturated/α-hetero) is 4. The number of carbonyl (C=O) groups is 5. The van der Waals surface area contributed by atoms with Crippen LogP contribution in [0.1, 0.15) is 312 Å². The third-order valence-electron chi connectivity index (χ3n) is 31.3. The summed E-state index contributed by atoms with van der Waals surface area (Å²) in [5, 5.41) is 27.3. The molecule has 6 aromatic heterocycles. The molecule has 6 aliphatic rings. The minimum Gasteiger partial charge on any atom is -0.466 e.